The van der Waals surface area contributed by atoms with Gasteiger partial charge in [0, 0.05) is 0 Å². The van der Waals surface area contributed by atoms with Gasteiger partial charge >= 0.3 is 73.8 Å². The Kier molecular flexibility index (Phi) is 1.68. The van der Waals surface area contributed by atoms with E-state index >= 15 is 0 Å². The van der Waals surface area contributed by atoms with Gasteiger partial charge in [0.25, 0.3) is 0 Å². The average Bonchev–Trinajstić information content (AvgIpc) is 2.25. The molecule has 0 atom stereocenters. The first-order chi connectivity index (χ1) is 5.38. The van der Waals surface area contributed by atoms with Gasteiger partial charge in [0.05, 0.1) is 0 Å². The van der Waals surface area contributed by atoms with Crippen molar-refractivity contribution < 1.29 is 15.7 Å². The van der Waals surface area contributed by atoms with E-state index in [1.54, 1.807) is 0 Å². The molecule has 0 spiro atoms. The van der Waals surface area contributed by atoms with Crippen LogP contribution in [0.15, 0.2) is 42.5 Å². The molecular weight excluding hydrogens is 179 g/mol. The summed E-state index contributed by atoms with van der Waals surface area (Å²) in [4.78, 5) is 0. The van der Waals surface area contributed by atoms with Gasteiger partial charge in [0.15, 0.2) is 0 Å². The van der Waals surface area contributed by atoms with E-state index < -0.39 is 0 Å². The average molecular weight is 186 g/mol. The second kappa shape index (κ2) is 2.68. The van der Waals surface area contributed by atoms with E-state index in [1.165, 1.54) is 11.1 Å². The van der Waals surface area contributed by atoms with Crippen LogP contribution in [-0.2, 0) is 15.7 Å². The van der Waals surface area contributed by atoms with Crippen LogP contribution in [0.25, 0.3) is 11.1 Å². The van der Waals surface area contributed by atoms with Gasteiger partial charge in [0.2, 0.25) is 0 Å². The van der Waals surface area contributed by atoms with E-state index in [4.69, 9.17) is 0 Å². The van der Waals surface area contributed by atoms with Crippen molar-refractivity contribution in [2.75, 3.05) is 0 Å². The predicted octanol–water partition coefficient (Wildman–Crippen LogP) is 1.96. The van der Waals surface area contributed by atoms with E-state index in [-0.39, 0.29) is 0 Å². The van der Waals surface area contributed by atoms with Crippen LogP contribution >= 0.6 is 0 Å². The van der Waals surface area contributed by atoms with Crippen LogP contribution in [0.4, 0.5) is 0 Å². The summed E-state index contributed by atoms with van der Waals surface area (Å²) in [6, 6.07) is 14.4. The molecule has 0 nitrogen and oxygen atoms in total. The van der Waals surface area contributed by atoms with Crippen molar-refractivity contribution in [1.29, 1.82) is 0 Å². The van der Waals surface area contributed by atoms with Crippen molar-refractivity contribution in [3.63, 3.8) is 0 Å². The molecule has 0 heterocycles. The van der Waals surface area contributed by atoms with Gasteiger partial charge in [-0.2, -0.15) is 0 Å². The molecule has 2 aliphatic rings. The number of hydrogen-bond acceptors (Lipinski definition) is 0. The number of hydrogen-bond donors (Lipinski definition) is 0. The molecule has 11 heavy (non-hydrogen) atoms. The fraction of sp³-hybridized carbons (Fsp3) is 0. The normalized spacial score (nSPS) is 10.4. The first kappa shape index (κ1) is 6.89. The molecule has 0 aliphatic heterocycles. The van der Waals surface area contributed by atoms with Gasteiger partial charge < -0.3 is 0 Å². The molecule has 56 valence electrons. The molecular formula is C10H7Co. The molecule has 1 heteroatoms. The SMILES string of the molecule is [Co][c]1ccc2cccccc1-2. The molecule has 0 aromatic heterocycles. The molecule has 0 aromatic carbocycles. The predicted molar refractivity (Wildman–Crippen MR) is 42.7 cm³/mol. The Morgan fingerprint density at radius 1 is 0.818 bits per heavy atom. The number of fused-ring (bicyclic) bond motifs is 1. The minimum atomic E-state index is 1.05. The van der Waals surface area contributed by atoms with E-state index in [0.29, 0.717) is 0 Å². The molecule has 2 rings (SSSR count). The second-order valence-corrected chi connectivity index (χ2v) is 3.00. The molecule has 0 fully saturated rings. The third-order valence-electron chi connectivity index (χ3n) is 1.72. The van der Waals surface area contributed by atoms with Gasteiger partial charge in [-0.25, -0.2) is 0 Å². The van der Waals surface area contributed by atoms with Crippen LogP contribution in [0, 0.1) is 0 Å². The Balaban J connectivity index is 2.75. The Morgan fingerprint density at radius 2 is 1.64 bits per heavy atom. The summed E-state index contributed by atoms with van der Waals surface area (Å²) in [6.45, 7) is 0. The Hall–Kier alpha value is -0.794. The van der Waals surface area contributed by atoms with E-state index in [1.807, 2.05) is 24.3 Å². The Bertz CT molecular complexity index is 341. The fourth-order valence-electron chi connectivity index (χ4n) is 1.16. The topological polar surface area (TPSA) is 0 Å². The summed E-state index contributed by atoms with van der Waals surface area (Å²) >= 11 is 4.39. The van der Waals surface area contributed by atoms with Gasteiger partial charge in [0.1, 0.15) is 0 Å². The summed E-state index contributed by atoms with van der Waals surface area (Å²) in [7, 11) is 0. The molecule has 0 saturated carbocycles. The zero-order valence-electron chi connectivity index (χ0n) is 5.87. The maximum atomic E-state index is 4.39. The van der Waals surface area contributed by atoms with Gasteiger partial charge in [-0.3, -0.25) is 0 Å². The van der Waals surface area contributed by atoms with Crippen LogP contribution in [0.1, 0.15) is 0 Å². The molecule has 0 saturated heterocycles. The first-order valence-electron chi connectivity index (χ1n) is 3.49. The third kappa shape index (κ3) is 1.17. The van der Waals surface area contributed by atoms with Crippen molar-refractivity contribution in [3.05, 3.63) is 42.5 Å². The van der Waals surface area contributed by atoms with Crippen LogP contribution in [-0.4, -0.2) is 0 Å². The summed E-state index contributed by atoms with van der Waals surface area (Å²) < 4.78 is 1.05. The molecule has 0 N–H and O–H groups in total. The van der Waals surface area contributed by atoms with Crippen LogP contribution < -0.4 is 4.50 Å². The third-order valence-corrected chi connectivity index (χ3v) is 2.17. The molecule has 0 bridgehead atoms. The van der Waals surface area contributed by atoms with Crippen molar-refractivity contribution in [2.24, 2.45) is 0 Å². The fourth-order valence-corrected chi connectivity index (χ4v) is 1.49. The van der Waals surface area contributed by atoms with Gasteiger partial charge in [-0.05, 0) is 0 Å². The molecule has 0 amide bonds. The monoisotopic (exact) mass is 186 g/mol. The summed E-state index contributed by atoms with van der Waals surface area (Å²) in [5.41, 5.74) is 2.47. The van der Waals surface area contributed by atoms with Crippen molar-refractivity contribution in [1.82, 2.24) is 0 Å². The standard InChI is InChI=1S/C10H7.Co/c1-2-5-9-7-4-8-10(9)6-3-1;/h1-7H;. The molecule has 0 aromatic rings. The van der Waals surface area contributed by atoms with E-state index in [2.05, 4.69) is 33.9 Å². The zero-order chi connectivity index (χ0) is 7.68. The Labute approximate surface area is 74.2 Å². The van der Waals surface area contributed by atoms with Crippen molar-refractivity contribution in [2.45, 2.75) is 0 Å². The molecule has 0 radical (unpaired) electrons. The minimum absolute atomic E-state index is 1.05. The zero-order valence-corrected chi connectivity index (χ0v) is 6.92. The van der Waals surface area contributed by atoms with E-state index in [0.717, 1.165) is 4.50 Å². The Morgan fingerprint density at radius 3 is 2.55 bits per heavy atom. The van der Waals surface area contributed by atoms with Crippen LogP contribution in [0.3, 0.4) is 0 Å². The van der Waals surface area contributed by atoms with Crippen LogP contribution in [0.5, 0.6) is 0 Å². The van der Waals surface area contributed by atoms with Crippen LogP contribution in [0.2, 0.25) is 0 Å². The second-order valence-electron chi connectivity index (χ2n) is 2.44. The van der Waals surface area contributed by atoms with Gasteiger partial charge in [-0.1, -0.05) is 0 Å². The van der Waals surface area contributed by atoms with Crippen molar-refractivity contribution >= 4 is 4.50 Å². The summed E-state index contributed by atoms with van der Waals surface area (Å²) in [5, 5.41) is 0. The molecule has 0 unspecified atom stereocenters. The first-order valence-corrected chi connectivity index (χ1v) is 4.01. The maximum absolute atomic E-state index is 4.39. The van der Waals surface area contributed by atoms with E-state index in [9.17, 15) is 0 Å². The summed E-state index contributed by atoms with van der Waals surface area (Å²) in [5.74, 6) is 0. The summed E-state index contributed by atoms with van der Waals surface area (Å²) in [6.07, 6.45) is 0. The van der Waals surface area contributed by atoms with Crippen molar-refractivity contribution in [3.8, 4) is 11.1 Å². The quantitative estimate of drug-likeness (QED) is 0.590. The number of rotatable bonds is 0. The molecule has 2 aliphatic carbocycles. The van der Waals surface area contributed by atoms with Gasteiger partial charge in [-0.15, -0.1) is 0 Å².